The molecule has 2 rings (SSSR count). The summed E-state index contributed by atoms with van der Waals surface area (Å²) in [6, 6.07) is 10.2. The van der Waals surface area contributed by atoms with Crippen LogP contribution in [0, 0.1) is 6.92 Å². The van der Waals surface area contributed by atoms with E-state index in [9.17, 15) is 0 Å². The summed E-state index contributed by atoms with van der Waals surface area (Å²) in [6.07, 6.45) is 3.68. The van der Waals surface area contributed by atoms with Crippen molar-refractivity contribution in [2.75, 3.05) is 0 Å². The fraction of sp³-hybridized carbons (Fsp3) is 0.214. The molecule has 2 aromatic rings. The van der Waals surface area contributed by atoms with Crippen LogP contribution in [0.1, 0.15) is 16.7 Å². The lowest BCUT2D eigenvalue weighted by Gasteiger charge is -2.07. The second-order valence-electron chi connectivity index (χ2n) is 3.94. The van der Waals surface area contributed by atoms with Crippen LogP contribution in [0.2, 0.25) is 0 Å². The van der Waals surface area contributed by atoms with E-state index in [1.807, 2.05) is 37.5 Å². The third kappa shape index (κ3) is 3.56. The molecule has 0 saturated carbocycles. The normalized spacial score (nSPS) is 10.2. The molecule has 0 bridgehead atoms. The van der Waals surface area contributed by atoms with Gasteiger partial charge in [-0.2, -0.15) is 0 Å². The van der Waals surface area contributed by atoms with Gasteiger partial charge in [-0.1, -0.05) is 28.1 Å². The number of pyridine rings is 1. The summed E-state index contributed by atoms with van der Waals surface area (Å²) in [6.45, 7) is 2.59. The van der Waals surface area contributed by atoms with Crippen molar-refractivity contribution in [1.29, 1.82) is 0 Å². The molecule has 0 atom stereocenters. The molecule has 0 radical (unpaired) electrons. The minimum atomic E-state index is 0.556. The van der Waals surface area contributed by atoms with Gasteiger partial charge in [-0.3, -0.25) is 4.98 Å². The Morgan fingerprint density at radius 3 is 2.82 bits per heavy atom. The lowest BCUT2D eigenvalue weighted by Crippen LogP contribution is -1.96. The monoisotopic (exact) mass is 291 g/mol. The van der Waals surface area contributed by atoms with Gasteiger partial charge in [-0.15, -0.1) is 0 Å². The van der Waals surface area contributed by atoms with E-state index in [1.165, 1.54) is 5.56 Å². The van der Waals surface area contributed by atoms with Crippen molar-refractivity contribution < 1.29 is 4.74 Å². The number of benzene rings is 1. The Morgan fingerprint density at radius 2 is 2.06 bits per heavy atom. The van der Waals surface area contributed by atoms with Crippen LogP contribution in [0.5, 0.6) is 5.75 Å². The number of alkyl halides is 1. The number of hydrogen-bond acceptors (Lipinski definition) is 2. The summed E-state index contributed by atoms with van der Waals surface area (Å²) in [4.78, 5) is 4.14. The topological polar surface area (TPSA) is 22.1 Å². The van der Waals surface area contributed by atoms with E-state index in [-0.39, 0.29) is 0 Å². The molecule has 17 heavy (non-hydrogen) atoms. The average Bonchev–Trinajstić information content (AvgIpc) is 2.37. The van der Waals surface area contributed by atoms with E-state index >= 15 is 0 Å². The van der Waals surface area contributed by atoms with Crippen molar-refractivity contribution in [1.82, 2.24) is 4.98 Å². The predicted octanol–water partition coefficient (Wildman–Crippen LogP) is 3.86. The average molecular weight is 292 g/mol. The molecule has 1 aromatic heterocycles. The van der Waals surface area contributed by atoms with Gasteiger partial charge in [-0.25, -0.2) is 0 Å². The van der Waals surface area contributed by atoms with E-state index in [1.54, 1.807) is 0 Å². The summed E-state index contributed by atoms with van der Waals surface area (Å²) in [5.41, 5.74) is 3.46. The molecule has 0 spiro atoms. The zero-order chi connectivity index (χ0) is 12.1. The van der Waals surface area contributed by atoms with Crippen LogP contribution in [-0.2, 0) is 11.9 Å². The minimum absolute atomic E-state index is 0.556. The molecule has 88 valence electrons. The van der Waals surface area contributed by atoms with E-state index < -0.39 is 0 Å². The van der Waals surface area contributed by atoms with Crippen LogP contribution in [0.3, 0.4) is 0 Å². The third-order valence-corrected chi connectivity index (χ3v) is 3.04. The van der Waals surface area contributed by atoms with Crippen LogP contribution in [0.15, 0.2) is 42.7 Å². The maximum Gasteiger partial charge on any atom is 0.120 e. The van der Waals surface area contributed by atoms with E-state index in [0.29, 0.717) is 6.61 Å². The molecule has 0 aliphatic heterocycles. The van der Waals surface area contributed by atoms with Gasteiger partial charge in [0.25, 0.3) is 0 Å². The van der Waals surface area contributed by atoms with Crippen molar-refractivity contribution >= 4 is 15.9 Å². The van der Waals surface area contributed by atoms with Crippen molar-refractivity contribution in [3.8, 4) is 5.75 Å². The summed E-state index contributed by atoms with van der Waals surface area (Å²) < 4.78 is 5.73. The number of hydrogen-bond donors (Lipinski definition) is 0. The first kappa shape index (κ1) is 12.1. The SMILES string of the molecule is Cc1cncc(COc2cccc(CBr)c2)c1. The van der Waals surface area contributed by atoms with Crippen LogP contribution >= 0.6 is 15.9 Å². The van der Waals surface area contributed by atoms with Gasteiger partial charge in [0.2, 0.25) is 0 Å². The summed E-state index contributed by atoms with van der Waals surface area (Å²) in [5.74, 6) is 0.892. The third-order valence-electron chi connectivity index (χ3n) is 2.39. The fourth-order valence-electron chi connectivity index (χ4n) is 1.58. The zero-order valence-corrected chi connectivity index (χ0v) is 11.3. The fourth-order valence-corrected chi connectivity index (χ4v) is 1.93. The van der Waals surface area contributed by atoms with E-state index in [4.69, 9.17) is 4.74 Å². The van der Waals surface area contributed by atoms with Crippen LogP contribution in [0.4, 0.5) is 0 Å². The number of aryl methyl sites for hydroxylation is 1. The molecule has 0 fully saturated rings. The lowest BCUT2D eigenvalue weighted by atomic mass is 10.2. The van der Waals surface area contributed by atoms with Crippen LogP contribution < -0.4 is 4.74 Å². The van der Waals surface area contributed by atoms with Gasteiger partial charge in [0.1, 0.15) is 12.4 Å². The molecule has 0 unspecified atom stereocenters. The smallest absolute Gasteiger partial charge is 0.120 e. The summed E-state index contributed by atoms with van der Waals surface area (Å²) >= 11 is 3.43. The Hall–Kier alpha value is -1.35. The van der Waals surface area contributed by atoms with Crippen molar-refractivity contribution in [3.05, 3.63) is 59.4 Å². The largest absolute Gasteiger partial charge is 0.489 e. The van der Waals surface area contributed by atoms with Gasteiger partial charge in [0.15, 0.2) is 0 Å². The van der Waals surface area contributed by atoms with Crippen LogP contribution in [0.25, 0.3) is 0 Å². The Balaban J connectivity index is 2.02. The van der Waals surface area contributed by atoms with Gasteiger partial charge < -0.3 is 4.74 Å². The van der Waals surface area contributed by atoms with Gasteiger partial charge in [0.05, 0.1) is 0 Å². The van der Waals surface area contributed by atoms with Crippen molar-refractivity contribution in [2.24, 2.45) is 0 Å². The molecular weight excluding hydrogens is 278 g/mol. The first-order valence-corrected chi connectivity index (χ1v) is 6.58. The Morgan fingerprint density at radius 1 is 1.18 bits per heavy atom. The number of nitrogens with zero attached hydrogens (tertiary/aromatic N) is 1. The standard InChI is InChI=1S/C14H14BrNO/c1-11-5-13(9-16-8-11)10-17-14-4-2-3-12(6-14)7-15/h2-6,8-9H,7,10H2,1H3. The predicted molar refractivity (Wildman–Crippen MR) is 72.4 cm³/mol. The highest BCUT2D eigenvalue weighted by Gasteiger charge is 1.98. The molecule has 1 heterocycles. The molecule has 2 nitrogen and oxygen atoms in total. The second kappa shape index (κ2) is 5.82. The zero-order valence-electron chi connectivity index (χ0n) is 9.69. The molecule has 0 aliphatic rings. The Kier molecular flexibility index (Phi) is 4.15. The van der Waals surface area contributed by atoms with Crippen molar-refractivity contribution in [3.63, 3.8) is 0 Å². The molecule has 0 amide bonds. The highest BCUT2D eigenvalue weighted by Crippen LogP contribution is 2.16. The van der Waals surface area contributed by atoms with Gasteiger partial charge in [0, 0.05) is 23.3 Å². The summed E-state index contributed by atoms with van der Waals surface area (Å²) in [5, 5.41) is 0.843. The molecule has 0 saturated heterocycles. The van der Waals surface area contributed by atoms with E-state index in [0.717, 1.165) is 22.2 Å². The number of aromatic nitrogens is 1. The number of ether oxygens (including phenoxy) is 1. The van der Waals surface area contributed by atoms with Gasteiger partial charge >= 0.3 is 0 Å². The van der Waals surface area contributed by atoms with Crippen LogP contribution in [-0.4, -0.2) is 4.98 Å². The van der Waals surface area contributed by atoms with Crippen molar-refractivity contribution in [2.45, 2.75) is 18.9 Å². The molecule has 3 heteroatoms. The highest BCUT2D eigenvalue weighted by molar-refractivity contribution is 9.08. The molecular formula is C14H14BrNO. The minimum Gasteiger partial charge on any atom is -0.489 e. The second-order valence-corrected chi connectivity index (χ2v) is 4.50. The Labute approximate surface area is 110 Å². The Bertz CT molecular complexity index is 499. The lowest BCUT2D eigenvalue weighted by molar-refractivity contribution is 0.305. The number of halogens is 1. The maximum atomic E-state index is 5.73. The highest BCUT2D eigenvalue weighted by atomic mass is 79.9. The van der Waals surface area contributed by atoms with Gasteiger partial charge in [-0.05, 0) is 36.2 Å². The molecule has 1 aromatic carbocycles. The first-order valence-electron chi connectivity index (χ1n) is 5.46. The number of rotatable bonds is 4. The first-order chi connectivity index (χ1) is 8.28. The quantitative estimate of drug-likeness (QED) is 0.798. The summed E-state index contributed by atoms with van der Waals surface area (Å²) in [7, 11) is 0. The molecule has 0 aliphatic carbocycles. The van der Waals surface area contributed by atoms with E-state index in [2.05, 4.69) is 33.0 Å². The maximum absolute atomic E-state index is 5.73. The molecule has 0 N–H and O–H groups in total.